The van der Waals surface area contributed by atoms with E-state index in [-0.39, 0.29) is 24.0 Å². The van der Waals surface area contributed by atoms with Crippen LogP contribution in [0.4, 0.5) is 5.82 Å². The molecule has 25 heavy (non-hydrogen) atoms. The van der Waals surface area contributed by atoms with E-state index >= 15 is 0 Å². The van der Waals surface area contributed by atoms with E-state index in [1.807, 2.05) is 23.7 Å². The van der Waals surface area contributed by atoms with Gasteiger partial charge >= 0.3 is 0 Å². The molecule has 1 atom stereocenters. The van der Waals surface area contributed by atoms with Gasteiger partial charge in [0, 0.05) is 56.9 Å². The van der Waals surface area contributed by atoms with Gasteiger partial charge in [0.05, 0.1) is 10.0 Å². The second-order valence-electron chi connectivity index (χ2n) is 5.56. The van der Waals surface area contributed by atoms with Crippen LogP contribution in [-0.4, -0.2) is 48.7 Å². The van der Waals surface area contributed by atoms with Crippen LogP contribution in [0, 0.1) is 0 Å². The van der Waals surface area contributed by atoms with Crippen LogP contribution in [-0.2, 0) is 6.42 Å². The number of hydrogen-bond donors (Lipinski definition) is 2. The van der Waals surface area contributed by atoms with Gasteiger partial charge in [-0.05, 0) is 18.6 Å². The molecule has 0 radical (unpaired) electrons. The summed E-state index contributed by atoms with van der Waals surface area (Å²) < 4.78 is 0. The standard InChI is InChI=1S/C16H21ClN6S.HI/c1-18-16(21-7-4-14-19-8-10-24-14)22-12-5-9-23(11-12)15-13(17)3-2-6-20-15;/h2-3,6,8,10,12H,4-5,7,9,11H2,1H3,(H2,18,21,22);1H. The van der Waals surface area contributed by atoms with Crippen LogP contribution in [0.2, 0.25) is 5.02 Å². The number of thiazole rings is 1. The summed E-state index contributed by atoms with van der Waals surface area (Å²) >= 11 is 7.91. The molecule has 0 aliphatic carbocycles. The molecule has 0 bridgehead atoms. The Morgan fingerprint density at radius 3 is 3.04 bits per heavy atom. The van der Waals surface area contributed by atoms with Crippen molar-refractivity contribution in [1.82, 2.24) is 20.6 Å². The Balaban J connectivity index is 0.00000225. The second kappa shape index (κ2) is 10.1. The first kappa shape index (κ1) is 20.2. The molecule has 0 amide bonds. The Hall–Kier alpha value is -1.13. The molecular formula is C16H22ClIN6S. The van der Waals surface area contributed by atoms with E-state index in [0.717, 1.165) is 49.3 Å². The highest BCUT2D eigenvalue weighted by Gasteiger charge is 2.25. The monoisotopic (exact) mass is 492 g/mol. The third-order valence-electron chi connectivity index (χ3n) is 3.91. The predicted octanol–water partition coefficient (Wildman–Crippen LogP) is 2.80. The van der Waals surface area contributed by atoms with Crippen LogP contribution in [0.3, 0.4) is 0 Å². The molecule has 3 heterocycles. The average molecular weight is 493 g/mol. The Kier molecular flexibility index (Phi) is 8.17. The van der Waals surface area contributed by atoms with E-state index in [4.69, 9.17) is 11.6 Å². The number of anilines is 1. The largest absolute Gasteiger partial charge is 0.356 e. The number of aliphatic imine (C=N–C) groups is 1. The van der Waals surface area contributed by atoms with Crippen molar-refractivity contribution in [3.8, 4) is 0 Å². The number of nitrogens with zero attached hydrogens (tertiary/aromatic N) is 4. The van der Waals surface area contributed by atoms with E-state index < -0.39 is 0 Å². The van der Waals surface area contributed by atoms with Gasteiger partial charge in [-0.25, -0.2) is 9.97 Å². The van der Waals surface area contributed by atoms with Crippen molar-refractivity contribution in [2.75, 3.05) is 31.6 Å². The molecule has 1 aliphatic heterocycles. The summed E-state index contributed by atoms with van der Waals surface area (Å²) in [6.07, 6.45) is 5.54. The van der Waals surface area contributed by atoms with E-state index in [0.29, 0.717) is 11.1 Å². The predicted molar refractivity (Wildman–Crippen MR) is 116 cm³/mol. The maximum Gasteiger partial charge on any atom is 0.191 e. The van der Waals surface area contributed by atoms with Gasteiger partial charge in [-0.1, -0.05) is 11.6 Å². The summed E-state index contributed by atoms with van der Waals surface area (Å²) in [6.45, 7) is 2.62. The highest BCUT2D eigenvalue weighted by atomic mass is 127. The smallest absolute Gasteiger partial charge is 0.191 e. The van der Waals surface area contributed by atoms with E-state index in [2.05, 4.69) is 30.5 Å². The van der Waals surface area contributed by atoms with Gasteiger partial charge in [0.15, 0.2) is 5.96 Å². The van der Waals surface area contributed by atoms with Crippen molar-refractivity contribution in [2.45, 2.75) is 18.9 Å². The van der Waals surface area contributed by atoms with Gasteiger partial charge in [0.25, 0.3) is 0 Å². The number of guanidine groups is 1. The first-order valence-corrected chi connectivity index (χ1v) is 9.23. The third kappa shape index (κ3) is 5.68. The van der Waals surface area contributed by atoms with E-state index in [9.17, 15) is 0 Å². The lowest BCUT2D eigenvalue weighted by Crippen LogP contribution is -2.45. The molecule has 2 aromatic rings. The van der Waals surface area contributed by atoms with Gasteiger partial charge in [0.1, 0.15) is 5.82 Å². The van der Waals surface area contributed by atoms with Crippen LogP contribution in [0.1, 0.15) is 11.4 Å². The zero-order valence-corrected chi connectivity index (χ0v) is 17.9. The summed E-state index contributed by atoms with van der Waals surface area (Å²) in [6, 6.07) is 4.06. The second-order valence-corrected chi connectivity index (χ2v) is 6.95. The minimum Gasteiger partial charge on any atom is -0.356 e. The zero-order chi connectivity index (χ0) is 16.8. The van der Waals surface area contributed by atoms with Crippen LogP contribution in [0.25, 0.3) is 0 Å². The Morgan fingerprint density at radius 1 is 1.44 bits per heavy atom. The van der Waals surface area contributed by atoms with E-state index in [1.165, 1.54) is 0 Å². The lowest BCUT2D eigenvalue weighted by molar-refractivity contribution is 0.648. The van der Waals surface area contributed by atoms with Crippen LogP contribution in [0.5, 0.6) is 0 Å². The fraction of sp³-hybridized carbons (Fsp3) is 0.438. The minimum atomic E-state index is 0. The molecule has 3 rings (SSSR count). The average Bonchev–Trinajstić information content (AvgIpc) is 3.26. The van der Waals surface area contributed by atoms with Crippen LogP contribution < -0.4 is 15.5 Å². The van der Waals surface area contributed by atoms with Crippen molar-refractivity contribution in [2.24, 2.45) is 4.99 Å². The summed E-state index contributed by atoms with van der Waals surface area (Å²) in [7, 11) is 1.79. The highest BCUT2D eigenvalue weighted by Crippen LogP contribution is 2.25. The maximum absolute atomic E-state index is 6.24. The van der Waals surface area contributed by atoms with Crippen molar-refractivity contribution in [1.29, 1.82) is 0 Å². The topological polar surface area (TPSA) is 65.4 Å². The fourth-order valence-corrected chi connectivity index (χ4v) is 3.59. The summed E-state index contributed by atoms with van der Waals surface area (Å²) in [5.74, 6) is 1.68. The fourth-order valence-electron chi connectivity index (χ4n) is 2.73. The number of rotatable bonds is 5. The molecule has 1 unspecified atom stereocenters. The Bertz CT molecular complexity index is 681. The summed E-state index contributed by atoms with van der Waals surface area (Å²) in [4.78, 5) is 15.2. The Labute approximate surface area is 174 Å². The number of pyridine rings is 1. The molecular weight excluding hydrogens is 471 g/mol. The molecule has 2 N–H and O–H groups in total. The lowest BCUT2D eigenvalue weighted by atomic mass is 10.3. The normalized spacial score (nSPS) is 17.3. The summed E-state index contributed by atoms with van der Waals surface area (Å²) in [5, 5.41) is 10.7. The molecule has 9 heteroatoms. The number of halogens is 2. The molecule has 6 nitrogen and oxygen atoms in total. The molecule has 136 valence electrons. The van der Waals surface area contributed by atoms with Crippen LogP contribution in [0.15, 0.2) is 34.9 Å². The van der Waals surface area contributed by atoms with Gasteiger partial charge < -0.3 is 15.5 Å². The number of aromatic nitrogens is 2. The van der Waals surface area contributed by atoms with Crippen molar-refractivity contribution >= 4 is 58.7 Å². The van der Waals surface area contributed by atoms with E-state index in [1.54, 1.807) is 24.6 Å². The lowest BCUT2D eigenvalue weighted by Gasteiger charge is -2.20. The molecule has 1 saturated heterocycles. The third-order valence-corrected chi connectivity index (χ3v) is 5.04. The Morgan fingerprint density at radius 2 is 2.32 bits per heavy atom. The molecule has 0 spiro atoms. The van der Waals surface area contributed by atoms with Crippen LogP contribution >= 0.6 is 46.9 Å². The highest BCUT2D eigenvalue weighted by molar-refractivity contribution is 14.0. The van der Waals surface area contributed by atoms with Gasteiger partial charge in [-0.2, -0.15) is 0 Å². The quantitative estimate of drug-likeness (QED) is 0.382. The number of hydrogen-bond acceptors (Lipinski definition) is 5. The van der Waals surface area contributed by atoms with Crippen molar-refractivity contribution in [3.63, 3.8) is 0 Å². The van der Waals surface area contributed by atoms with Gasteiger partial charge in [-0.3, -0.25) is 4.99 Å². The van der Waals surface area contributed by atoms with Crippen molar-refractivity contribution in [3.05, 3.63) is 39.9 Å². The molecule has 0 aromatic carbocycles. The van der Waals surface area contributed by atoms with Gasteiger partial charge in [-0.15, -0.1) is 35.3 Å². The molecule has 1 aliphatic rings. The first-order chi connectivity index (χ1) is 11.8. The molecule has 1 fully saturated rings. The SMILES string of the molecule is CN=C(NCCc1nccs1)NC1CCN(c2ncccc2Cl)C1.I. The minimum absolute atomic E-state index is 0. The molecule has 0 saturated carbocycles. The van der Waals surface area contributed by atoms with Gasteiger partial charge in [0.2, 0.25) is 0 Å². The maximum atomic E-state index is 6.24. The summed E-state index contributed by atoms with van der Waals surface area (Å²) in [5.41, 5.74) is 0. The number of nitrogens with one attached hydrogen (secondary N) is 2. The van der Waals surface area contributed by atoms with Crippen molar-refractivity contribution < 1.29 is 0 Å². The molecule has 2 aromatic heterocycles. The first-order valence-electron chi connectivity index (χ1n) is 7.97. The zero-order valence-electron chi connectivity index (χ0n) is 14.0.